The van der Waals surface area contributed by atoms with Crippen molar-refractivity contribution in [1.29, 1.82) is 5.26 Å². The van der Waals surface area contributed by atoms with E-state index in [9.17, 15) is 4.39 Å². The van der Waals surface area contributed by atoms with Gasteiger partial charge in [0, 0.05) is 12.6 Å². The normalized spacial score (nSPS) is 11.9. The number of nitrogens with zero attached hydrogens (tertiary/aromatic N) is 1. The molecule has 0 heterocycles. The van der Waals surface area contributed by atoms with Gasteiger partial charge in [0.2, 0.25) is 0 Å². The Balaban J connectivity index is 2.03. The molecular weight excluding hydrogens is 251 g/mol. The quantitative estimate of drug-likeness (QED) is 0.914. The third kappa shape index (κ3) is 3.66. The molecule has 2 aromatic rings. The summed E-state index contributed by atoms with van der Waals surface area (Å²) in [5, 5.41) is 12.2. The lowest BCUT2D eigenvalue weighted by molar-refractivity contribution is 0.569. The van der Waals surface area contributed by atoms with Crippen molar-refractivity contribution in [3.63, 3.8) is 0 Å². The Morgan fingerprint density at radius 3 is 2.55 bits per heavy atom. The molecule has 20 heavy (non-hydrogen) atoms. The Morgan fingerprint density at radius 2 is 1.90 bits per heavy atom. The van der Waals surface area contributed by atoms with Crippen LogP contribution in [0.15, 0.2) is 42.5 Å². The van der Waals surface area contributed by atoms with Gasteiger partial charge in [-0.1, -0.05) is 29.8 Å². The molecule has 0 aromatic heterocycles. The van der Waals surface area contributed by atoms with Gasteiger partial charge in [-0.2, -0.15) is 5.26 Å². The molecule has 0 bridgehead atoms. The molecule has 0 radical (unpaired) electrons. The molecule has 102 valence electrons. The van der Waals surface area contributed by atoms with Gasteiger partial charge < -0.3 is 5.32 Å². The van der Waals surface area contributed by atoms with E-state index in [0.717, 1.165) is 5.56 Å². The van der Waals surface area contributed by atoms with E-state index in [1.54, 1.807) is 6.07 Å². The second kappa shape index (κ2) is 6.31. The highest BCUT2D eigenvalue weighted by molar-refractivity contribution is 5.33. The number of halogens is 1. The molecule has 0 saturated heterocycles. The van der Waals surface area contributed by atoms with E-state index in [1.807, 2.05) is 6.07 Å². The van der Waals surface area contributed by atoms with Gasteiger partial charge in [-0.3, -0.25) is 0 Å². The molecular formula is C17H17FN2. The summed E-state index contributed by atoms with van der Waals surface area (Å²) in [7, 11) is 0. The molecule has 0 fully saturated rings. The Bertz CT molecular complexity index is 626. The summed E-state index contributed by atoms with van der Waals surface area (Å²) in [5.74, 6) is -0.371. The maximum atomic E-state index is 13.3. The van der Waals surface area contributed by atoms with Crippen molar-refractivity contribution in [1.82, 2.24) is 5.32 Å². The molecule has 0 aliphatic heterocycles. The number of hydrogen-bond acceptors (Lipinski definition) is 2. The molecule has 1 N–H and O–H groups in total. The van der Waals surface area contributed by atoms with Crippen LogP contribution in [0.2, 0.25) is 0 Å². The first-order valence-electron chi connectivity index (χ1n) is 6.58. The highest BCUT2D eigenvalue weighted by Crippen LogP contribution is 2.15. The van der Waals surface area contributed by atoms with Crippen molar-refractivity contribution in [3.05, 3.63) is 70.5 Å². The standard InChI is InChI=1S/C17H17FN2/c1-12-3-5-16(6-4-12)13(2)20-11-15-7-14(10-19)8-17(18)9-15/h3-9,13,20H,11H2,1-2H3. The van der Waals surface area contributed by atoms with Crippen LogP contribution in [0.5, 0.6) is 0 Å². The Hall–Kier alpha value is -2.18. The molecule has 2 rings (SSSR count). The van der Waals surface area contributed by atoms with Crippen molar-refractivity contribution in [2.45, 2.75) is 26.4 Å². The van der Waals surface area contributed by atoms with Crippen LogP contribution in [0.25, 0.3) is 0 Å². The van der Waals surface area contributed by atoms with E-state index >= 15 is 0 Å². The van der Waals surface area contributed by atoms with Crippen LogP contribution < -0.4 is 5.32 Å². The number of hydrogen-bond donors (Lipinski definition) is 1. The molecule has 1 unspecified atom stereocenters. The first kappa shape index (κ1) is 14.2. The smallest absolute Gasteiger partial charge is 0.124 e. The fourth-order valence-electron chi connectivity index (χ4n) is 2.06. The third-order valence-electron chi connectivity index (χ3n) is 3.28. The fraction of sp³-hybridized carbons (Fsp3) is 0.235. The molecule has 0 amide bonds. The molecule has 2 aromatic carbocycles. The minimum atomic E-state index is -0.371. The lowest BCUT2D eigenvalue weighted by Crippen LogP contribution is -2.18. The van der Waals surface area contributed by atoms with Gasteiger partial charge in [0.25, 0.3) is 0 Å². The predicted octanol–water partition coefficient (Wildman–Crippen LogP) is 3.86. The Labute approximate surface area is 118 Å². The van der Waals surface area contributed by atoms with Crippen molar-refractivity contribution < 1.29 is 4.39 Å². The average molecular weight is 268 g/mol. The molecule has 2 nitrogen and oxygen atoms in total. The minimum absolute atomic E-state index is 0.171. The van der Waals surface area contributed by atoms with E-state index in [4.69, 9.17) is 5.26 Å². The van der Waals surface area contributed by atoms with Crippen molar-refractivity contribution in [2.24, 2.45) is 0 Å². The molecule has 3 heteroatoms. The minimum Gasteiger partial charge on any atom is -0.306 e. The van der Waals surface area contributed by atoms with Crippen LogP contribution in [0, 0.1) is 24.1 Å². The third-order valence-corrected chi connectivity index (χ3v) is 3.28. The maximum absolute atomic E-state index is 13.3. The molecule has 0 saturated carbocycles. The number of aryl methyl sites for hydroxylation is 1. The monoisotopic (exact) mass is 268 g/mol. The van der Waals surface area contributed by atoms with Gasteiger partial charge in [0.15, 0.2) is 0 Å². The van der Waals surface area contributed by atoms with E-state index in [2.05, 4.69) is 43.4 Å². The molecule has 1 atom stereocenters. The van der Waals surface area contributed by atoms with Crippen LogP contribution in [0.3, 0.4) is 0 Å². The number of benzene rings is 2. The van der Waals surface area contributed by atoms with E-state index in [-0.39, 0.29) is 11.9 Å². The summed E-state index contributed by atoms with van der Waals surface area (Å²) in [6, 6.07) is 14.9. The summed E-state index contributed by atoms with van der Waals surface area (Å²) >= 11 is 0. The van der Waals surface area contributed by atoms with Crippen molar-refractivity contribution in [2.75, 3.05) is 0 Å². The van der Waals surface area contributed by atoms with E-state index < -0.39 is 0 Å². The molecule has 0 aliphatic rings. The fourth-order valence-corrected chi connectivity index (χ4v) is 2.06. The van der Waals surface area contributed by atoms with Crippen LogP contribution in [0.1, 0.15) is 35.2 Å². The van der Waals surface area contributed by atoms with Gasteiger partial charge >= 0.3 is 0 Å². The van der Waals surface area contributed by atoms with Crippen LogP contribution >= 0.6 is 0 Å². The molecule has 0 spiro atoms. The van der Waals surface area contributed by atoms with Gasteiger partial charge in [-0.15, -0.1) is 0 Å². The van der Waals surface area contributed by atoms with Gasteiger partial charge in [0.05, 0.1) is 11.6 Å². The zero-order chi connectivity index (χ0) is 14.5. The Morgan fingerprint density at radius 1 is 1.20 bits per heavy atom. The summed E-state index contributed by atoms with van der Waals surface area (Å²) < 4.78 is 13.3. The van der Waals surface area contributed by atoms with Gasteiger partial charge in [0.1, 0.15) is 5.82 Å². The SMILES string of the molecule is Cc1ccc(C(C)NCc2cc(F)cc(C#N)c2)cc1. The van der Waals surface area contributed by atoms with Crippen LogP contribution in [-0.2, 0) is 6.54 Å². The van der Waals surface area contributed by atoms with E-state index in [0.29, 0.717) is 12.1 Å². The predicted molar refractivity (Wildman–Crippen MR) is 77.5 cm³/mol. The summed E-state index contributed by atoms with van der Waals surface area (Å²) in [6.45, 7) is 4.65. The van der Waals surface area contributed by atoms with Crippen molar-refractivity contribution in [3.8, 4) is 6.07 Å². The summed E-state index contributed by atoms with van der Waals surface area (Å²) in [4.78, 5) is 0. The number of rotatable bonds is 4. The summed E-state index contributed by atoms with van der Waals surface area (Å²) in [6.07, 6.45) is 0. The largest absolute Gasteiger partial charge is 0.306 e. The number of nitriles is 1. The van der Waals surface area contributed by atoms with E-state index in [1.165, 1.54) is 23.3 Å². The zero-order valence-corrected chi connectivity index (χ0v) is 11.7. The van der Waals surface area contributed by atoms with Crippen molar-refractivity contribution >= 4 is 0 Å². The molecule has 0 aliphatic carbocycles. The Kier molecular flexibility index (Phi) is 4.49. The lowest BCUT2D eigenvalue weighted by Gasteiger charge is -2.14. The lowest BCUT2D eigenvalue weighted by atomic mass is 10.1. The topological polar surface area (TPSA) is 35.8 Å². The first-order chi connectivity index (χ1) is 9.58. The first-order valence-corrected chi connectivity index (χ1v) is 6.58. The van der Waals surface area contributed by atoms with Crippen LogP contribution in [0.4, 0.5) is 4.39 Å². The average Bonchev–Trinajstić information content (AvgIpc) is 2.45. The second-order valence-electron chi connectivity index (χ2n) is 4.97. The highest BCUT2D eigenvalue weighted by atomic mass is 19.1. The van der Waals surface area contributed by atoms with Gasteiger partial charge in [-0.25, -0.2) is 4.39 Å². The van der Waals surface area contributed by atoms with Gasteiger partial charge in [-0.05, 0) is 43.2 Å². The summed E-state index contributed by atoms with van der Waals surface area (Å²) in [5.41, 5.74) is 3.54. The van der Waals surface area contributed by atoms with Crippen LogP contribution in [-0.4, -0.2) is 0 Å². The maximum Gasteiger partial charge on any atom is 0.124 e. The number of nitrogens with one attached hydrogen (secondary N) is 1. The zero-order valence-electron chi connectivity index (χ0n) is 11.7. The highest BCUT2D eigenvalue weighted by Gasteiger charge is 2.06. The second-order valence-corrected chi connectivity index (χ2v) is 4.97.